The van der Waals surface area contributed by atoms with Crippen LogP contribution in [0.15, 0.2) is 66.0 Å². The van der Waals surface area contributed by atoms with Gasteiger partial charge in [-0.2, -0.15) is 0 Å². The Morgan fingerprint density at radius 3 is 2.34 bits per heavy atom. The number of benzene rings is 2. The van der Waals surface area contributed by atoms with Crippen molar-refractivity contribution in [2.24, 2.45) is 5.92 Å². The topological polar surface area (TPSA) is 80.3 Å². The van der Waals surface area contributed by atoms with E-state index in [-0.39, 0.29) is 18.4 Å². The summed E-state index contributed by atoms with van der Waals surface area (Å²) in [7, 11) is 0. The molecule has 0 unspecified atom stereocenters. The maximum Gasteiger partial charge on any atom is 0.408 e. The summed E-state index contributed by atoms with van der Waals surface area (Å²) in [6.45, 7) is 3.87. The molecular formula is C22H23N3O3S. The highest BCUT2D eigenvalue weighted by Crippen LogP contribution is 2.24. The summed E-state index contributed by atoms with van der Waals surface area (Å²) >= 11 is 1.34. The molecule has 7 heteroatoms. The van der Waals surface area contributed by atoms with Crippen LogP contribution in [-0.2, 0) is 16.1 Å². The van der Waals surface area contributed by atoms with Crippen LogP contribution in [0.4, 0.5) is 9.93 Å². The number of carbonyl (C=O) groups excluding carboxylic acids is 2. The molecule has 0 fully saturated rings. The first-order valence-electron chi connectivity index (χ1n) is 9.32. The molecule has 1 heterocycles. The van der Waals surface area contributed by atoms with Gasteiger partial charge in [0, 0.05) is 10.9 Å². The molecule has 2 N–H and O–H groups in total. The fourth-order valence-corrected chi connectivity index (χ4v) is 3.41. The van der Waals surface area contributed by atoms with Crippen molar-refractivity contribution in [2.75, 3.05) is 5.32 Å². The smallest absolute Gasteiger partial charge is 0.408 e. The number of anilines is 1. The van der Waals surface area contributed by atoms with Crippen LogP contribution < -0.4 is 10.6 Å². The lowest BCUT2D eigenvalue weighted by atomic mass is 10.0. The molecule has 150 valence electrons. The number of nitrogens with one attached hydrogen (secondary N) is 2. The second-order valence-corrected chi connectivity index (χ2v) is 7.68. The number of alkyl carbamates (subject to hydrolysis) is 1. The Morgan fingerprint density at radius 1 is 1.03 bits per heavy atom. The van der Waals surface area contributed by atoms with Gasteiger partial charge in [0.25, 0.3) is 0 Å². The van der Waals surface area contributed by atoms with Gasteiger partial charge in [-0.1, -0.05) is 74.5 Å². The van der Waals surface area contributed by atoms with Gasteiger partial charge in [-0.3, -0.25) is 4.79 Å². The second-order valence-electron chi connectivity index (χ2n) is 6.82. The average Bonchev–Trinajstić information content (AvgIpc) is 3.20. The van der Waals surface area contributed by atoms with Crippen LogP contribution in [0.3, 0.4) is 0 Å². The third kappa shape index (κ3) is 5.89. The molecule has 0 aliphatic rings. The van der Waals surface area contributed by atoms with E-state index in [1.165, 1.54) is 11.3 Å². The van der Waals surface area contributed by atoms with Crippen LogP contribution in [0.2, 0.25) is 0 Å². The third-order valence-electron chi connectivity index (χ3n) is 4.24. The first-order chi connectivity index (χ1) is 14.0. The lowest BCUT2D eigenvalue weighted by Gasteiger charge is -2.20. The summed E-state index contributed by atoms with van der Waals surface area (Å²) in [6, 6.07) is 18.4. The minimum Gasteiger partial charge on any atom is -0.445 e. The van der Waals surface area contributed by atoms with Crippen molar-refractivity contribution in [1.82, 2.24) is 10.3 Å². The van der Waals surface area contributed by atoms with Crippen molar-refractivity contribution in [2.45, 2.75) is 26.5 Å². The van der Waals surface area contributed by atoms with Gasteiger partial charge < -0.3 is 15.4 Å². The van der Waals surface area contributed by atoms with E-state index in [1.54, 1.807) is 0 Å². The summed E-state index contributed by atoms with van der Waals surface area (Å²) in [5.74, 6) is -0.446. The Balaban J connectivity index is 1.58. The highest BCUT2D eigenvalue weighted by Gasteiger charge is 2.25. The van der Waals surface area contributed by atoms with E-state index in [0.29, 0.717) is 5.13 Å². The molecule has 1 aromatic heterocycles. The quantitative estimate of drug-likeness (QED) is 0.593. The number of ether oxygens (including phenoxy) is 1. The van der Waals surface area contributed by atoms with Crippen molar-refractivity contribution in [1.29, 1.82) is 0 Å². The molecule has 0 aliphatic heterocycles. The molecule has 3 aromatic rings. The molecule has 0 saturated heterocycles. The van der Waals surface area contributed by atoms with Crippen LogP contribution in [0.1, 0.15) is 19.4 Å². The van der Waals surface area contributed by atoms with Gasteiger partial charge in [-0.05, 0) is 11.5 Å². The van der Waals surface area contributed by atoms with Gasteiger partial charge in [0.15, 0.2) is 5.13 Å². The van der Waals surface area contributed by atoms with Crippen LogP contribution >= 0.6 is 11.3 Å². The van der Waals surface area contributed by atoms with E-state index in [1.807, 2.05) is 79.9 Å². The molecule has 2 aromatic carbocycles. The lowest BCUT2D eigenvalue weighted by molar-refractivity contribution is -0.119. The van der Waals surface area contributed by atoms with Crippen molar-refractivity contribution in [3.8, 4) is 11.3 Å². The zero-order chi connectivity index (χ0) is 20.6. The highest BCUT2D eigenvalue weighted by molar-refractivity contribution is 7.14. The SMILES string of the molecule is CC(C)[C@@H](NC(=O)OCc1ccccc1)C(=O)Nc1nc(-c2ccccc2)cs1. The molecule has 2 amide bonds. The highest BCUT2D eigenvalue weighted by atomic mass is 32.1. The maximum atomic E-state index is 12.7. The minimum atomic E-state index is -0.734. The number of hydrogen-bond donors (Lipinski definition) is 2. The van der Waals surface area contributed by atoms with E-state index in [2.05, 4.69) is 15.6 Å². The van der Waals surface area contributed by atoms with Gasteiger partial charge in [-0.25, -0.2) is 9.78 Å². The largest absolute Gasteiger partial charge is 0.445 e. The standard InChI is InChI=1S/C22H23N3O3S/c1-15(2)19(24-22(27)28-13-16-9-5-3-6-10-16)20(26)25-21-23-18(14-29-21)17-11-7-4-8-12-17/h3-12,14-15,19H,13H2,1-2H3,(H,24,27)(H,23,25,26)/t19-/m1/s1. The Kier molecular flexibility index (Phi) is 6.97. The number of nitrogens with zero attached hydrogens (tertiary/aromatic N) is 1. The van der Waals surface area contributed by atoms with E-state index in [9.17, 15) is 9.59 Å². The van der Waals surface area contributed by atoms with E-state index >= 15 is 0 Å². The van der Waals surface area contributed by atoms with E-state index in [0.717, 1.165) is 16.8 Å². The average molecular weight is 410 g/mol. The minimum absolute atomic E-state index is 0.118. The summed E-state index contributed by atoms with van der Waals surface area (Å²) in [5.41, 5.74) is 2.65. The fourth-order valence-electron chi connectivity index (χ4n) is 2.68. The predicted octanol–water partition coefficient (Wildman–Crippen LogP) is 4.70. The molecule has 0 bridgehead atoms. The molecule has 1 atom stereocenters. The molecular weight excluding hydrogens is 386 g/mol. The molecule has 0 saturated carbocycles. The second kappa shape index (κ2) is 9.84. The number of thiazole rings is 1. The zero-order valence-corrected chi connectivity index (χ0v) is 17.1. The van der Waals surface area contributed by atoms with E-state index < -0.39 is 12.1 Å². The van der Waals surface area contributed by atoms with Crippen LogP contribution in [0, 0.1) is 5.92 Å². The maximum absolute atomic E-state index is 12.7. The fraction of sp³-hybridized carbons (Fsp3) is 0.227. The number of carbonyl (C=O) groups is 2. The normalized spacial score (nSPS) is 11.7. The van der Waals surface area contributed by atoms with Gasteiger partial charge in [0.1, 0.15) is 12.6 Å². The third-order valence-corrected chi connectivity index (χ3v) is 5.00. The molecule has 0 spiro atoms. The Bertz CT molecular complexity index is 942. The summed E-state index contributed by atoms with van der Waals surface area (Å²) in [6.07, 6.45) is -0.633. The molecule has 29 heavy (non-hydrogen) atoms. The van der Waals surface area contributed by atoms with Gasteiger partial charge in [0.2, 0.25) is 5.91 Å². The molecule has 6 nitrogen and oxygen atoms in total. The van der Waals surface area contributed by atoms with Crippen LogP contribution in [0.5, 0.6) is 0 Å². The Hall–Kier alpha value is -3.19. The van der Waals surface area contributed by atoms with Crippen molar-refractivity contribution in [3.63, 3.8) is 0 Å². The molecule has 0 aliphatic carbocycles. The van der Waals surface area contributed by atoms with Gasteiger partial charge in [-0.15, -0.1) is 11.3 Å². The summed E-state index contributed by atoms with van der Waals surface area (Å²) in [4.78, 5) is 29.3. The Morgan fingerprint density at radius 2 is 1.69 bits per heavy atom. The van der Waals surface area contributed by atoms with Crippen molar-refractivity contribution >= 4 is 28.5 Å². The molecule has 3 rings (SSSR count). The molecule has 0 radical (unpaired) electrons. The lowest BCUT2D eigenvalue weighted by Crippen LogP contribution is -2.47. The number of amides is 2. The van der Waals surface area contributed by atoms with Crippen molar-refractivity contribution in [3.05, 3.63) is 71.6 Å². The van der Waals surface area contributed by atoms with Crippen molar-refractivity contribution < 1.29 is 14.3 Å². The number of aromatic nitrogens is 1. The van der Waals surface area contributed by atoms with Gasteiger partial charge >= 0.3 is 6.09 Å². The van der Waals surface area contributed by atoms with Crippen LogP contribution in [0.25, 0.3) is 11.3 Å². The zero-order valence-electron chi connectivity index (χ0n) is 16.3. The number of rotatable bonds is 7. The first kappa shape index (κ1) is 20.5. The van der Waals surface area contributed by atoms with Gasteiger partial charge in [0.05, 0.1) is 5.69 Å². The Labute approximate surface area is 173 Å². The predicted molar refractivity (Wildman–Crippen MR) is 115 cm³/mol. The summed E-state index contributed by atoms with van der Waals surface area (Å²) < 4.78 is 5.23. The first-order valence-corrected chi connectivity index (χ1v) is 10.2. The number of hydrogen-bond acceptors (Lipinski definition) is 5. The monoisotopic (exact) mass is 409 g/mol. The van der Waals surface area contributed by atoms with Crippen LogP contribution in [-0.4, -0.2) is 23.0 Å². The summed E-state index contributed by atoms with van der Waals surface area (Å²) in [5, 5.41) is 7.81. The van der Waals surface area contributed by atoms with E-state index in [4.69, 9.17) is 4.74 Å².